The van der Waals surface area contributed by atoms with Crippen LogP contribution in [0.2, 0.25) is 0 Å². The van der Waals surface area contributed by atoms with Crippen LogP contribution in [-0.4, -0.2) is 51.2 Å². The Kier molecular flexibility index (Phi) is 8.48. The molecule has 4 aliphatic rings. The lowest BCUT2D eigenvalue weighted by Gasteiger charge is -2.58. The van der Waals surface area contributed by atoms with E-state index < -0.39 is 35.6 Å². The van der Waals surface area contributed by atoms with Gasteiger partial charge in [-0.2, -0.15) is 0 Å². The number of ketones is 1. The summed E-state index contributed by atoms with van der Waals surface area (Å²) in [5, 5.41) is 37.6. The predicted molar refractivity (Wildman–Crippen MR) is 157 cm³/mol. The summed E-state index contributed by atoms with van der Waals surface area (Å²) < 4.78 is 0. The van der Waals surface area contributed by atoms with Crippen molar-refractivity contribution in [2.75, 3.05) is 6.61 Å². The summed E-state index contributed by atoms with van der Waals surface area (Å²) in [7, 11) is 0. The third kappa shape index (κ3) is 5.71. The molecular weight excluding hydrogens is 554 g/mol. The Bertz CT molecular complexity index is 1370. The van der Waals surface area contributed by atoms with Crippen molar-refractivity contribution >= 4 is 29.1 Å². The number of nitro benzene ring substituents is 1. The Morgan fingerprint density at radius 1 is 1.14 bits per heavy atom. The summed E-state index contributed by atoms with van der Waals surface area (Å²) in [5.41, 5.74) is 1.98. The molecular formula is C32H41N3O8. The second-order valence-corrected chi connectivity index (χ2v) is 13.3. The zero-order valence-corrected chi connectivity index (χ0v) is 25.0. The number of non-ortho nitro benzene ring substituents is 1. The maximum Gasteiger partial charge on any atom is 0.329 e. The lowest BCUT2D eigenvalue weighted by Crippen LogP contribution is -2.51. The number of hydrogen-bond acceptors (Lipinski definition) is 8. The molecule has 43 heavy (non-hydrogen) atoms. The number of carbonyl (C=O) groups is 3. The number of nitrogens with one attached hydrogen (secondary N) is 1. The van der Waals surface area contributed by atoms with Crippen LogP contribution >= 0.6 is 0 Å². The summed E-state index contributed by atoms with van der Waals surface area (Å²) in [6.07, 6.45) is 8.50. The van der Waals surface area contributed by atoms with E-state index >= 15 is 0 Å². The Balaban J connectivity index is 1.20. The second kappa shape index (κ2) is 11.8. The fourth-order valence-corrected chi connectivity index (χ4v) is 8.99. The van der Waals surface area contributed by atoms with Crippen molar-refractivity contribution in [1.82, 2.24) is 5.32 Å². The number of nitrogens with zero attached hydrogens (tertiary/aromatic N) is 2. The number of aliphatic carboxylic acids is 1. The minimum Gasteiger partial charge on any atom is -0.480 e. The first kappa shape index (κ1) is 30.8. The number of carboxylic acid groups (broad SMARTS) is 1. The number of nitro groups is 1. The lowest BCUT2D eigenvalue weighted by atomic mass is 9.46. The number of carbonyl (C=O) groups excluding carboxylic acids is 2. The summed E-state index contributed by atoms with van der Waals surface area (Å²) in [6.45, 7) is 5.94. The number of carboxylic acids is 1. The van der Waals surface area contributed by atoms with Gasteiger partial charge in [0, 0.05) is 18.1 Å². The van der Waals surface area contributed by atoms with E-state index in [1.807, 2.05) is 0 Å². The van der Waals surface area contributed by atoms with Gasteiger partial charge in [0.1, 0.15) is 11.9 Å². The lowest BCUT2D eigenvalue weighted by molar-refractivity contribution is -0.385. The number of Topliss-reactive ketones (excluding diaryl/α,β-unsaturated/α-hetero) is 1. The van der Waals surface area contributed by atoms with Gasteiger partial charge >= 0.3 is 5.97 Å². The Hall–Kier alpha value is -3.60. The highest BCUT2D eigenvalue weighted by molar-refractivity contribution is 5.96. The van der Waals surface area contributed by atoms with Gasteiger partial charge in [0.15, 0.2) is 12.6 Å². The molecule has 4 aliphatic carbocycles. The van der Waals surface area contributed by atoms with Gasteiger partial charge in [-0.05, 0) is 98.5 Å². The molecule has 3 saturated carbocycles. The highest BCUT2D eigenvalue weighted by atomic mass is 16.6. The van der Waals surface area contributed by atoms with Gasteiger partial charge in [0.2, 0.25) is 0 Å². The molecule has 5 rings (SSSR count). The van der Waals surface area contributed by atoms with Gasteiger partial charge in [-0.3, -0.25) is 19.7 Å². The van der Waals surface area contributed by atoms with Crippen molar-refractivity contribution in [3.8, 4) is 0 Å². The number of amides is 1. The van der Waals surface area contributed by atoms with Crippen LogP contribution in [0.25, 0.3) is 0 Å². The van der Waals surface area contributed by atoms with Crippen molar-refractivity contribution in [2.24, 2.45) is 39.7 Å². The Morgan fingerprint density at radius 2 is 1.91 bits per heavy atom. The van der Waals surface area contributed by atoms with Crippen LogP contribution in [0.1, 0.15) is 83.8 Å². The van der Waals surface area contributed by atoms with Crippen LogP contribution in [0.5, 0.6) is 0 Å². The average molecular weight is 596 g/mol. The van der Waals surface area contributed by atoms with Crippen molar-refractivity contribution in [2.45, 2.75) is 84.3 Å². The van der Waals surface area contributed by atoms with Crippen molar-refractivity contribution in [1.29, 1.82) is 0 Å². The minimum absolute atomic E-state index is 0.0103. The maximum absolute atomic E-state index is 12.5. The van der Waals surface area contributed by atoms with E-state index in [0.717, 1.165) is 56.7 Å². The molecule has 11 heteroatoms. The number of fused-ring (bicyclic) bond motifs is 5. The van der Waals surface area contributed by atoms with E-state index in [0.29, 0.717) is 30.0 Å². The van der Waals surface area contributed by atoms with E-state index in [9.17, 15) is 34.7 Å². The molecule has 0 aromatic heterocycles. The molecule has 3 fully saturated rings. The van der Waals surface area contributed by atoms with Crippen LogP contribution in [-0.2, 0) is 19.2 Å². The first-order chi connectivity index (χ1) is 20.3. The third-order valence-electron chi connectivity index (χ3n) is 11.2. The highest BCUT2D eigenvalue weighted by Gasteiger charge is 2.59. The summed E-state index contributed by atoms with van der Waals surface area (Å²) in [6, 6.07) is 3.23. The average Bonchev–Trinajstić information content (AvgIpc) is 3.33. The smallest absolute Gasteiger partial charge is 0.329 e. The van der Waals surface area contributed by atoms with Gasteiger partial charge in [-0.15, -0.1) is 0 Å². The summed E-state index contributed by atoms with van der Waals surface area (Å²) in [5.74, 6) is 0.0504. The number of rotatable bonds is 9. The van der Waals surface area contributed by atoms with E-state index in [1.165, 1.54) is 23.8 Å². The zero-order chi connectivity index (χ0) is 31.1. The van der Waals surface area contributed by atoms with Crippen molar-refractivity contribution in [3.63, 3.8) is 0 Å². The minimum atomic E-state index is -1.73. The fourth-order valence-electron chi connectivity index (χ4n) is 8.99. The molecule has 0 radical (unpaired) electrons. The molecule has 3 N–H and O–H groups in total. The summed E-state index contributed by atoms with van der Waals surface area (Å²) in [4.78, 5) is 52.4. The van der Waals surface area contributed by atoms with Crippen LogP contribution in [0.3, 0.4) is 0 Å². The molecule has 1 amide bonds. The normalized spacial score (nSPS) is 33.7. The number of aliphatic hydroxyl groups is 1. The number of benzene rings is 1. The summed E-state index contributed by atoms with van der Waals surface area (Å²) >= 11 is 0. The molecule has 1 aromatic rings. The standard InChI is InChI=1S/C32H41N3O8/c1-18(36)24-9-10-25-23-8-7-20-16-21(11-13-31(20,2)26(23)12-14-32(24,25)3)34-43-17-27(37)33-28(30(39)40)29(38)19-5-4-6-22(15-19)35(41)42/h4-6,15-16,23-26,28-29,38H,7-14,17H2,1-3H3,(H,33,37)(H,39,40)/b34-21-/t23-,24+,25-,26-,28-,29-,31+,32-/m1/s1. The van der Waals surface area contributed by atoms with Gasteiger partial charge < -0.3 is 20.4 Å². The van der Waals surface area contributed by atoms with Gasteiger partial charge in [-0.1, -0.05) is 36.7 Å². The van der Waals surface area contributed by atoms with Crippen molar-refractivity contribution in [3.05, 3.63) is 51.6 Å². The van der Waals surface area contributed by atoms with E-state index in [1.54, 1.807) is 6.92 Å². The van der Waals surface area contributed by atoms with Crippen LogP contribution in [0.4, 0.5) is 5.69 Å². The number of aliphatic hydroxyl groups excluding tert-OH is 1. The molecule has 1 aromatic carbocycles. The van der Waals surface area contributed by atoms with Crippen LogP contribution in [0.15, 0.2) is 41.1 Å². The number of hydrogen-bond donors (Lipinski definition) is 3. The molecule has 0 saturated heterocycles. The fraction of sp³-hybridized carbons (Fsp3) is 0.625. The molecule has 0 heterocycles. The predicted octanol–water partition coefficient (Wildman–Crippen LogP) is 4.74. The largest absolute Gasteiger partial charge is 0.480 e. The maximum atomic E-state index is 12.5. The first-order valence-corrected chi connectivity index (χ1v) is 15.2. The van der Waals surface area contributed by atoms with Crippen LogP contribution < -0.4 is 5.32 Å². The van der Waals surface area contributed by atoms with E-state index in [4.69, 9.17) is 4.84 Å². The van der Waals surface area contributed by atoms with Crippen molar-refractivity contribution < 1.29 is 34.4 Å². The molecule has 0 spiro atoms. The quantitative estimate of drug-likeness (QED) is 0.272. The van der Waals surface area contributed by atoms with Gasteiger partial charge in [0.05, 0.1) is 10.6 Å². The topological polar surface area (TPSA) is 168 Å². The highest BCUT2D eigenvalue weighted by Crippen LogP contribution is 2.66. The third-order valence-corrected chi connectivity index (χ3v) is 11.2. The number of allylic oxidation sites excluding steroid dienone is 2. The van der Waals surface area contributed by atoms with E-state index in [-0.39, 0.29) is 28.0 Å². The Labute approximate surface area is 250 Å². The SMILES string of the molecule is CC(=O)[C@@H]1CC[C@@H]2[C@H]3CCC4=C/C(=N\OCC(=O)N[C@@H](C(=O)O)[C@H](O)c5cccc([N+](=O)[O-])c5)CC[C@]4(C)[C@@H]3CC[C@@]21C. The van der Waals surface area contributed by atoms with E-state index in [2.05, 4.69) is 30.4 Å². The molecule has 0 unspecified atom stereocenters. The molecule has 232 valence electrons. The number of oxime groups is 1. The van der Waals surface area contributed by atoms with Gasteiger partial charge in [-0.25, -0.2) is 4.79 Å². The molecule has 11 nitrogen and oxygen atoms in total. The molecule has 0 aliphatic heterocycles. The molecule has 8 atom stereocenters. The Morgan fingerprint density at radius 3 is 2.60 bits per heavy atom. The van der Waals surface area contributed by atoms with Crippen LogP contribution in [0, 0.1) is 44.6 Å². The second-order valence-electron chi connectivity index (χ2n) is 13.3. The first-order valence-electron chi connectivity index (χ1n) is 15.2. The van der Waals surface area contributed by atoms with Gasteiger partial charge in [0.25, 0.3) is 11.6 Å². The molecule has 0 bridgehead atoms. The zero-order valence-electron chi connectivity index (χ0n) is 25.0. The monoisotopic (exact) mass is 595 g/mol.